The lowest BCUT2D eigenvalue weighted by atomic mass is 10.00. The minimum Gasteiger partial charge on any atom is -0.507 e. The standard InChI is InChI=1S/C22H22O4/c1-12(2)5-8-16-17(23)11-18-20(21(16)24)22(25)19(26-18)10-15-7-6-13(3)14(4)9-15/h5-7,9-11,23-24H,8H2,1-4H3. The van der Waals surface area contributed by atoms with Gasteiger partial charge in [-0.3, -0.25) is 4.79 Å². The predicted octanol–water partition coefficient (Wildman–Crippen LogP) is 4.84. The Balaban J connectivity index is 2.01. The molecule has 0 saturated carbocycles. The second kappa shape index (κ2) is 6.71. The summed E-state index contributed by atoms with van der Waals surface area (Å²) >= 11 is 0. The maximum Gasteiger partial charge on any atom is 0.235 e. The van der Waals surface area contributed by atoms with Gasteiger partial charge in [-0.25, -0.2) is 0 Å². The highest BCUT2D eigenvalue weighted by Crippen LogP contribution is 2.44. The number of carbonyl (C=O) groups is 1. The van der Waals surface area contributed by atoms with Gasteiger partial charge in [0.05, 0.1) is 0 Å². The van der Waals surface area contributed by atoms with Crippen molar-refractivity contribution in [1.82, 2.24) is 0 Å². The van der Waals surface area contributed by atoms with Crippen LogP contribution in [0.15, 0.2) is 41.7 Å². The molecule has 2 aromatic carbocycles. The first-order chi connectivity index (χ1) is 12.3. The van der Waals surface area contributed by atoms with Crippen molar-refractivity contribution >= 4 is 11.9 Å². The molecule has 1 aliphatic rings. The van der Waals surface area contributed by atoms with Gasteiger partial charge in [0.15, 0.2) is 5.76 Å². The first-order valence-electron chi connectivity index (χ1n) is 8.50. The Labute approximate surface area is 153 Å². The van der Waals surface area contributed by atoms with E-state index < -0.39 is 0 Å². The van der Waals surface area contributed by atoms with E-state index in [-0.39, 0.29) is 34.4 Å². The largest absolute Gasteiger partial charge is 0.507 e. The molecule has 0 saturated heterocycles. The van der Waals surface area contributed by atoms with Crippen LogP contribution < -0.4 is 4.74 Å². The number of hydrogen-bond acceptors (Lipinski definition) is 4. The zero-order chi connectivity index (χ0) is 19.0. The molecule has 0 aromatic heterocycles. The van der Waals surface area contributed by atoms with Gasteiger partial charge in [-0.05, 0) is 56.9 Å². The normalized spacial score (nSPS) is 14.3. The molecular formula is C22H22O4. The van der Waals surface area contributed by atoms with Crippen LogP contribution in [0.1, 0.15) is 46.5 Å². The molecule has 134 valence electrons. The Morgan fingerprint density at radius 1 is 1.12 bits per heavy atom. The summed E-state index contributed by atoms with van der Waals surface area (Å²) in [6.07, 6.45) is 3.88. The number of allylic oxidation sites excluding steroid dienone is 3. The van der Waals surface area contributed by atoms with Crippen molar-refractivity contribution in [2.24, 2.45) is 0 Å². The van der Waals surface area contributed by atoms with E-state index in [0.717, 1.165) is 16.7 Å². The van der Waals surface area contributed by atoms with Gasteiger partial charge in [-0.2, -0.15) is 0 Å². The van der Waals surface area contributed by atoms with Crippen LogP contribution in [0.3, 0.4) is 0 Å². The van der Waals surface area contributed by atoms with Crippen molar-refractivity contribution in [1.29, 1.82) is 0 Å². The Hall–Kier alpha value is -3.01. The third kappa shape index (κ3) is 3.23. The third-order valence-corrected chi connectivity index (χ3v) is 4.56. The molecule has 4 nitrogen and oxygen atoms in total. The SMILES string of the molecule is CC(C)=CCc1c(O)cc2c(c1O)C(=O)C(=Cc1ccc(C)c(C)c1)O2. The first-order valence-corrected chi connectivity index (χ1v) is 8.50. The lowest BCUT2D eigenvalue weighted by Crippen LogP contribution is -1.99. The minimum atomic E-state index is -0.380. The number of hydrogen-bond donors (Lipinski definition) is 2. The number of benzene rings is 2. The predicted molar refractivity (Wildman–Crippen MR) is 102 cm³/mol. The molecule has 0 radical (unpaired) electrons. The average Bonchev–Trinajstić information content (AvgIpc) is 2.86. The maximum atomic E-state index is 12.7. The number of phenolic OH excluding ortho intramolecular Hbond substituents is 2. The van der Waals surface area contributed by atoms with Gasteiger partial charge in [0.1, 0.15) is 22.8 Å². The zero-order valence-corrected chi connectivity index (χ0v) is 15.4. The fourth-order valence-corrected chi connectivity index (χ4v) is 2.87. The summed E-state index contributed by atoms with van der Waals surface area (Å²) in [6, 6.07) is 7.25. The highest BCUT2D eigenvalue weighted by Gasteiger charge is 2.33. The summed E-state index contributed by atoms with van der Waals surface area (Å²) in [6.45, 7) is 7.89. The van der Waals surface area contributed by atoms with Gasteiger partial charge in [0, 0.05) is 11.6 Å². The molecular weight excluding hydrogens is 328 g/mol. The highest BCUT2D eigenvalue weighted by molar-refractivity contribution is 6.16. The van der Waals surface area contributed by atoms with Crippen molar-refractivity contribution in [3.05, 3.63) is 69.5 Å². The van der Waals surface area contributed by atoms with Crippen molar-refractivity contribution in [2.45, 2.75) is 34.1 Å². The number of rotatable bonds is 3. The molecule has 1 aliphatic heterocycles. The lowest BCUT2D eigenvalue weighted by molar-refractivity contribution is 0.101. The van der Waals surface area contributed by atoms with Gasteiger partial charge in [0.25, 0.3) is 0 Å². The Kier molecular flexibility index (Phi) is 4.60. The molecule has 2 aromatic rings. The summed E-state index contributed by atoms with van der Waals surface area (Å²) in [7, 11) is 0. The number of aryl methyl sites for hydroxylation is 2. The van der Waals surface area contributed by atoms with E-state index >= 15 is 0 Å². The van der Waals surface area contributed by atoms with E-state index in [9.17, 15) is 15.0 Å². The topological polar surface area (TPSA) is 66.8 Å². The lowest BCUT2D eigenvalue weighted by Gasteiger charge is -2.08. The van der Waals surface area contributed by atoms with Gasteiger partial charge >= 0.3 is 0 Å². The number of Topliss-reactive ketones (excluding diaryl/α,β-unsaturated/α-hetero) is 1. The molecule has 3 rings (SSSR count). The molecule has 0 atom stereocenters. The fourth-order valence-electron chi connectivity index (χ4n) is 2.87. The van der Waals surface area contributed by atoms with E-state index in [1.807, 2.05) is 52.0 Å². The summed E-state index contributed by atoms with van der Waals surface area (Å²) in [5.41, 5.74) is 4.62. The number of fused-ring (bicyclic) bond motifs is 1. The van der Waals surface area contributed by atoms with E-state index in [2.05, 4.69) is 0 Å². The summed E-state index contributed by atoms with van der Waals surface area (Å²) < 4.78 is 5.61. The monoisotopic (exact) mass is 350 g/mol. The average molecular weight is 350 g/mol. The number of ketones is 1. The second-order valence-corrected chi connectivity index (χ2v) is 6.87. The molecule has 2 N–H and O–H groups in total. The van der Waals surface area contributed by atoms with Crippen LogP contribution in [-0.4, -0.2) is 16.0 Å². The van der Waals surface area contributed by atoms with Crippen molar-refractivity contribution in [3.63, 3.8) is 0 Å². The Bertz CT molecular complexity index is 961. The molecule has 0 amide bonds. The molecule has 26 heavy (non-hydrogen) atoms. The molecule has 0 spiro atoms. The van der Waals surface area contributed by atoms with Crippen LogP contribution >= 0.6 is 0 Å². The number of aromatic hydroxyl groups is 2. The van der Waals surface area contributed by atoms with Crippen LogP contribution in [0.25, 0.3) is 6.08 Å². The van der Waals surface area contributed by atoms with Gasteiger partial charge in [-0.1, -0.05) is 29.8 Å². The highest BCUT2D eigenvalue weighted by atomic mass is 16.5. The summed E-state index contributed by atoms with van der Waals surface area (Å²) in [5, 5.41) is 20.7. The molecule has 0 bridgehead atoms. The van der Waals surface area contributed by atoms with Gasteiger partial charge in [-0.15, -0.1) is 0 Å². The number of carbonyl (C=O) groups excluding carboxylic acids is 1. The molecule has 4 heteroatoms. The van der Waals surface area contributed by atoms with Crippen LogP contribution in [-0.2, 0) is 6.42 Å². The smallest absolute Gasteiger partial charge is 0.235 e. The van der Waals surface area contributed by atoms with Crippen LogP contribution in [0.5, 0.6) is 17.2 Å². The first kappa shape index (κ1) is 17.8. The molecule has 0 aliphatic carbocycles. The van der Waals surface area contributed by atoms with E-state index in [0.29, 0.717) is 12.0 Å². The van der Waals surface area contributed by atoms with Crippen molar-refractivity contribution in [3.8, 4) is 17.2 Å². The summed E-state index contributed by atoms with van der Waals surface area (Å²) in [5.74, 6) is -0.363. The van der Waals surface area contributed by atoms with Crippen LogP contribution in [0.4, 0.5) is 0 Å². The Morgan fingerprint density at radius 2 is 1.85 bits per heavy atom. The van der Waals surface area contributed by atoms with Gasteiger partial charge in [0.2, 0.25) is 5.78 Å². The van der Waals surface area contributed by atoms with Crippen molar-refractivity contribution in [2.75, 3.05) is 0 Å². The van der Waals surface area contributed by atoms with E-state index in [1.165, 1.54) is 11.6 Å². The number of phenols is 2. The number of ether oxygens (including phenoxy) is 1. The summed E-state index contributed by atoms with van der Waals surface area (Å²) in [4.78, 5) is 12.7. The molecule has 0 fully saturated rings. The third-order valence-electron chi connectivity index (χ3n) is 4.56. The zero-order valence-electron chi connectivity index (χ0n) is 15.4. The Morgan fingerprint density at radius 3 is 2.50 bits per heavy atom. The quantitative estimate of drug-likeness (QED) is 0.614. The second-order valence-electron chi connectivity index (χ2n) is 6.87. The van der Waals surface area contributed by atoms with Gasteiger partial charge < -0.3 is 14.9 Å². The van der Waals surface area contributed by atoms with Crippen LogP contribution in [0, 0.1) is 13.8 Å². The maximum absolute atomic E-state index is 12.7. The van der Waals surface area contributed by atoms with Crippen LogP contribution in [0.2, 0.25) is 0 Å². The van der Waals surface area contributed by atoms with E-state index in [4.69, 9.17) is 4.74 Å². The molecule has 0 unspecified atom stereocenters. The van der Waals surface area contributed by atoms with E-state index in [1.54, 1.807) is 6.08 Å². The van der Waals surface area contributed by atoms with Crippen molar-refractivity contribution < 1.29 is 19.7 Å². The minimum absolute atomic E-state index is 0.0843. The molecule has 1 heterocycles. The fraction of sp³-hybridized carbons (Fsp3) is 0.227.